The second-order valence-electron chi connectivity index (χ2n) is 8.50. The van der Waals surface area contributed by atoms with E-state index in [-0.39, 0.29) is 0 Å². The van der Waals surface area contributed by atoms with Gasteiger partial charge >= 0.3 is 0 Å². The van der Waals surface area contributed by atoms with Gasteiger partial charge in [0.15, 0.2) is 16.5 Å². The molecule has 0 aliphatic carbocycles. The number of benzene rings is 1. The number of hydrogen-bond donors (Lipinski definition) is 0. The molecule has 0 N–H and O–H groups in total. The average molecular weight is 492 g/mol. The Kier molecular flexibility index (Phi) is 6.34. The number of aromatic nitrogens is 4. The fourth-order valence-electron chi connectivity index (χ4n) is 4.04. The minimum absolute atomic E-state index is 0.356. The fourth-order valence-corrected chi connectivity index (χ4v) is 5.02. The molecule has 182 valence electrons. The Morgan fingerprint density at radius 3 is 2.80 bits per heavy atom. The van der Waals surface area contributed by atoms with Crippen LogP contribution in [-0.4, -0.2) is 39.3 Å². The van der Waals surface area contributed by atoms with Crippen molar-refractivity contribution in [1.82, 2.24) is 19.6 Å². The van der Waals surface area contributed by atoms with Crippen LogP contribution < -0.4 is 14.4 Å². The zero-order valence-corrected chi connectivity index (χ0v) is 21.4. The van der Waals surface area contributed by atoms with Crippen molar-refractivity contribution < 1.29 is 13.9 Å². The van der Waals surface area contributed by atoms with Gasteiger partial charge in [0.1, 0.15) is 29.4 Å². The normalized spacial score (nSPS) is 12.4. The third kappa shape index (κ3) is 4.55. The molecule has 4 aromatic heterocycles. The van der Waals surface area contributed by atoms with E-state index < -0.39 is 0 Å². The number of imidazole rings is 1. The molecule has 5 rings (SSSR count). The van der Waals surface area contributed by atoms with Crippen molar-refractivity contribution in [1.29, 1.82) is 0 Å². The van der Waals surface area contributed by atoms with E-state index in [0.29, 0.717) is 41.2 Å². The molecule has 35 heavy (non-hydrogen) atoms. The summed E-state index contributed by atoms with van der Waals surface area (Å²) in [5.74, 6) is 1.98. The highest BCUT2D eigenvalue weighted by Gasteiger charge is 2.18. The fraction of sp³-hybridized carbons (Fsp3) is 0.346. The molecular formula is C26H29N5O3S. The summed E-state index contributed by atoms with van der Waals surface area (Å²) in [4.78, 5) is 11.8. The second kappa shape index (κ2) is 9.58. The number of aryl methyl sites for hydroxylation is 1. The number of fused-ring (bicyclic) bond motifs is 2. The molecule has 0 aliphatic heterocycles. The molecule has 0 saturated heterocycles. The van der Waals surface area contributed by atoms with Gasteiger partial charge in [-0.3, -0.25) is 0 Å². The van der Waals surface area contributed by atoms with Gasteiger partial charge in [-0.05, 0) is 45.4 Å². The molecular weight excluding hydrogens is 462 g/mol. The molecule has 4 heterocycles. The minimum atomic E-state index is 0.356. The number of ether oxygens (including phenoxy) is 2. The van der Waals surface area contributed by atoms with Gasteiger partial charge in [-0.25, -0.2) is 14.5 Å². The predicted molar refractivity (Wildman–Crippen MR) is 139 cm³/mol. The maximum atomic E-state index is 6.23. The summed E-state index contributed by atoms with van der Waals surface area (Å²) in [6.45, 7) is 9.82. The first-order valence-corrected chi connectivity index (χ1v) is 12.7. The number of nitrogens with zero attached hydrogens (tertiary/aromatic N) is 5. The molecule has 0 aliphatic rings. The molecule has 1 atom stereocenters. The highest BCUT2D eigenvalue weighted by atomic mass is 32.1. The van der Waals surface area contributed by atoms with Crippen molar-refractivity contribution in [3.63, 3.8) is 0 Å². The van der Waals surface area contributed by atoms with E-state index in [0.717, 1.165) is 40.5 Å². The van der Waals surface area contributed by atoms with E-state index in [1.165, 1.54) is 0 Å². The topological polar surface area (TPSA) is 77.9 Å². The minimum Gasteiger partial charge on any atom is -0.496 e. The van der Waals surface area contributed by atoms with Crippen LogP contribution in [0.5, 0.6) is 11.5 Å². The molecule has 0 fully saturated rings. The van der Waals surface area contributed by atoms with Crippen LogP contribution in [0.15, 0.2) is 46.3 Å². The SMILES string of the molecule is CC[C@@H](C)N(CC)c1nc(COc2cc(OC)cc3oc(-c4cn5nc(C)ccc5n4)cc23)cs1. The number of thiazole rings is 1. The Morgan fingerprint density at radius 2 is 2.03 bits per heavy atom. The first kappa shape index (κ1) is 23.2. The highest BCUT2D eigenvalue weighted by molar-refractivity contribution is 7.13. The van der Waals surface area contributed by atoms with E-state index in [1.54, 1.807) is 23.0 Å². The van der Waals surface area contributed by atoms with Crippen LogP contribution in [0.3, 0.4) is 0 Å². The average Bonchev–Trinajstić information content (AvgIpc) is 3.60. The number of methoxy groups -OCH3 is 1. The third-order valence-electron chi connectivity index (χ3n) is 6.14. The van der Waals surface area contributed by atoms with E-state index in [4.69, 9.17) is 18.9 Å². The van der Waals surface area contributed by atoms with Crippen molar-refractivity contribution >= 4 is 33.1 Å². The molecule has 0 saturated carbocycles. The van der Waals surface area contributed by atoms with Crippen LogP contribution in [0.4, 0.5) is 5.13 Å². The smallest absolute Gasteiger partial charge is 0.185 e. The number of hydrogen-bond acceptors (Lipinski definition) is 8. The second-order valence-corrected chi connectivity index (χ2v) is 9.34. The van der Waals surface area contributed by atoms with Gasteiger partial charge in [0, 0.05) is 30.1 Å². The van der Waals surface area contributed by atoms with Gasteiger partial charge in [-0.15, -0.1) is 11.3 Å². The first-order valence-electron chi connectivity index (χ1n) is 11.8. The highest BCUT2D eigenvalue weighted by Crippen LogP contribution is 2.37. The molecule has 0 spiro atoms. The van der Waals surface area contributed by atoms with E-state index in [1.807, 2.05) is 43.5 Å². The van der Waals surface area contributed by atoms with Crippen LogP contribution in [0, 0.1) is 6.92 Å². The Balaban J connectivity index is 1.43. The zero-order chi connectivity index (χ0) is 24.5. The molecule has 5 aromatic rings. The van der Waals surface area contributed by atoms with Crippen LogP contribution in [0.25, 0.3) is 28.1 Å². The van der Waals surface area contributed by atoms with Crippen molar-refractivity contribution in [2.75, 3.05) is 18.6 Å². The maximum Gasteiger partial charge on any atom is 0.185 e. The summed E-state index contributed by atoms with van der Waals surface area (Å²) in [5, 5.41) is 8.42. The van der Waals surface area contributed by atoms with Crippen LogP contribution in [-0.2, 0) is 6.61 Å². The molecule has 8 nitrogen and oxygen atoms in total. The molecule has 1 aromatic carbocycles. The Morgan fingerprint density at radius 1 is 1.17 bits per heavy atom. The van der Waals surface area contributed by atoms with Crippen molar-refractivity contribution in [3.05, 3.63) is 53.3 Å². The van der Waals surface area contributed by atoms with Gasteiger partial charge in [-0.1, -0.05) is 6.92 Å². The lowest BCUT2D eigenvalue weighted by molar-refractivity contribution is 0.303. The summed E-state index contributed by atoms with van der Waals surface area (Å²) in [7, 11) is 1.63. The lowest BCUT2D eigenvalue weighted by Gasteiger charge is -2.26. The van der Waals surface area contributed by atoms with E-state index in [2.05, 4.69) is 41.1 Å². The van der Waals surface area contributed by atoms with Crippen molar-refractivity contribution in [2.24, 2.45) is 0 Å². The van der Waals surface area contributed by atoms with E-state index >= 15 is 0 Å². The van der Waals surface area contributed by atoms with Crippen LogP contribution in [0.1, 0.15) is 38.6 Å². The predicted octanol–water partition coefficient (Wildman–Crippen LogP) is 6.12. The molecule has 9 heteroatoms. The summed E-state index contributed by atoms with van der Waals surface area (Å²) in [6.07, 6.45) is 2.94. The summed E-state index contributed by atoms with van der Waals surface area (Å²) in [5.41, 5.74) is 3.95. The van der Waals surface area contributed by atoms with Crippen molar-refractivity contribution in [2.45, 2.75) is 46.8 Å². The number of rotatable bonds is 9. The van der Waals surface area contributed by atoms with Gasteiger partial charge in [0.25, 0.3) is 0 Å². The summed E-state index contributed by atoms with van der Waals surface area (Å²) >= 11 is 1.65. The molecule has 0 radical (unpaired) electrons. The van der Waals surface area contributed by atoms with Gasteiger partial charge in [0.05, 0.1) is 30.1 Å². The van der Waals surface area contributed by atoms with Gasteiger partial charge in [0.2, 0.25) is 0 Å². The van der Waals surface area contributed by atoms with E-state index in [9.17, 15) is 0 Å². The Hall–Kier alpha value is -3.59. The quantitative estimate of drug-likeness (QED) is 0.246. The summed E-state index contributed by atoms with van der Waals surface area (Å²) in [6, 6.07) is 10.0. The van der Waals surface area contributed by atoms with Gasteiger partial charge in [-0.2, -0.15) is 5.10 Å². The third-order valence-corrected chi connectivity index (χ3v) is 7.07. The Bertz CT molecular complexity index is 1470. The number of furan rings is 1. The first-order chi connectivity index (χ1) is 17.0. The molecule has 0 unspecified atom stereocenters. The van der Waals surface area contributed by atoms with Gasteiger partial charge < -0.3 is 18.8 Å². The largest absolute Gasteiger partial charge is 0.496 e. The zero-order valence-electron chi connectivity index (χ0n) is 20.6. The van der Waals surface area contributed by atoms with Crippen LogP contribution in [0.2, 0.25) is 0 Å². The van der Waals surface area contributed by atoms with Crippen molar-refractivity contribution in [3.8, 4) is 23.0 Å². The lowest BCUT2D eigenvalue weighted by atomic mass is 10.2. The standard InChI is InChI=1S/C26H29N5O3S/c1-6-17(4)30(7-2)26-27-18(15-35-26)14-33-22-10-19(32-5)11-23-20(22)12-24(34-23)21-13-31-25(28-21)9-8-16(3)29-31/h8-13,15,17H,6-7,14H2,1-5H3/t17-/m1/s1. The summed E-state index contributed by atoms with van der Waals surface area (Å²) < 4.78 is 19.6. The monoisotopic (exact) mass is 491 g/mol. The molecule has 0 amide bonds. The molecule has 0 bridgehead atoms. The maximum absolute atomic E-state index is 6.23. The Labute approximate surface area is 208 Å². The van der Waals surface area contributed by atoms with Crippen LogP contribution >= 0.6 is 11.3 Å². The lowest BCUT2D eigenvalue weighted by Crippen LogP contribution is -2.32. The number of anilines is 1.